The second-order valence-electron chi connectivity index (χ2n) is 6.47. The SMILES string of the molecule is CN(C)c1ccc(NC(=O)c2ccnc(C(=O)Nc3ccc(C#N)cc3)c2)cc1. The lowest BCUT2D eigenvalue weighted by atomic mass is 10.2. The number of amides is 2. The standard InChI is InChI=1S/C22H19N5O2/c1-27(2)19-9-7-18(8-10-19)25-21(28)16-11-12-24-20(13-16)22(29)26-17-5-3-15(14-23)4-6-17/h3-13H,1-2H3,(H,25,28)(H,26,29). The van der Waals surface area contributed by atoms with Crippen molar-refractivity contribution in [2.45, 2.75) is 0 Å². The lowest BCUT2D eigenvalue weighted by molar-refractivity contribution is 0.102. The van der Waals surface area contributed by atoms with E-state index < -0.39 is 5.91 Å². The molecule has 0 unspecified atom stereocenters. The minimum absolute atomic E-state index is 0.116. The van der Waals surface area contributed by atoms with Crippen molar-refractivity contribution < 1.29 is 9.59 Å². The highest BCUT2D eigenvalue weighted by molar-refractivity contribution is 6.07. The van der Waals surface area contributed by atoms with Crippen molar-refractivity contribution >= 4 is 28.9 Å². The number of aromatic nitrogens is 1. The maximum absolute atomic E-state index is 12.5. The van der Waals surface area contributed by atoms with Crippen LogP contribution >= 0.6 is 0 Å². The average Bonchev–Trinajstić information content (AvgIpc) is 2.74. The summed E-state index contributed by atoms with van der Waals surface area (Å²) in [4.78, 5) is 31.0. The molecule has 3 aromatic rings. The first-order valence-electron chi connectivity index (χ1n) is 8.82. The number of nitrogens with one attached hydrogen (secondary N) is 2. The minimum Gasteiger partial charge on any atom is -0.378 e. The largest absolute Gasteiger partial charge is 0.378 e. The average molecular weight is 385 g/mol. The third-order valence-corrected chi connectivity index (χ3v) is 4.17. The molecule has 0 radical (unpaired) electrons. The molecule has 0 aliphatic heterocycles. The first-order valence-corrected chi connectivity index (χ1v) is 8.82. The molecule has 2 aromatic carbocycles. The van der Waals surface area contributed by atoms with Crippen LogP contribution in [0.15, 0.2) is 66.9 Å². The lowest BCUT2D eigenvalue weighted by Gasteiger charge is -2.13. The molecule has 0 bridgehead atoms. The Morgan fingerprint density at radius 1 is 0.897 bits per heavy atom. The summed E-state index contributed by atoms with van der Waals surface area (Å²) in [6.07, 6.45) is 1.41. The number of rotatable bonds is 5. The van der Waals surface area contributed by atoms with Crippen molar-refractivity contribution in [2.24, 2.45) is 0 Å². The summed E-state index contributed by atoms with van der Waals surface area (Å²) >= 11 is 0. The van der Waals surface area contributed by atoms with Gasteiger partial charge < -0.3 is 15.5 Å². The van der Waals surface area contributed by atoms with Crippen LogP contribution in [-0.4, -0.2) is 30.9 Å². The van der Waals surface area contributed by atoms with Crippen molar-refractivity contribution in [3.05, 3.63) is 83.7 Å². The maximum Gasteiger partial charge on any atom is 0.274 e. The van der Waals surface area contributed by atoms with E-state index in [1.165, 1.54) is 12.3 Å². The topological polar surface area (TPSA) is 98.1 Å². The van der Waals surface area contributed by atoms with Gasteiger partial charge in [0.2, 0.25) is 0 Å². The molecular formula is C22H19N5O2. The third kappa shape index (κ3) is 4.96. The molecule has 0 spiro atoms. The number of nitriles is 1. The van der Waals surface area contributed by atoms with Gasteiger partial charge >= 0.3 is 0 Å². The number of hydrogen-bond donors (Lipinski definition) is 2. The summed E-state index contributed by atoms with van der Waals surface area (Å²) in [5.41, 5.74) is 3.14. The number of benzene rings is 2. The molecule has 7 nitrogen and oxygen atoms in total. The molecule has 0 saturated heterocycles. The van der Waals surface area contributed by atoms with Gasteiger partial charge in [0.1, 0.15) is 5.69 Å². The molecule has 2 N–H and O–H groups in total. The smallest absolute Gasteiger partial charge is 0.274 e. The number of anilines is 3. The van der Waals surface area contributed by atoms with Gasteiger partial charge in [-0.2, -0.15) is 5.26 Å². The Morgan fingerprint density at radius 2 is 1.48 bits per heavy atom. The third-order valence-electron chi connectivity index (χ3n) is 4.17. The second kappa shape index (κ2) is 8.67. The van der Waals surface area contributed by atoms with Crippen LogP contribution in [0.2, 0.25) is 0 Å². The molecule has 29 heavy (non-hydrogen) atoms. The molecule has 1 heterocycles. The van der Waals surface area contributed by atoms with Crippen molar-refractivity contribution in [3.8, 4) is 6.07 Å². The molecule has 0 aliphatic rings. The number of carbonyl (C=O) groups is 2. The van der Waals surface area contributed by atoms with Crippen LogP contribution in [0.5, 0.6) is 0 Å². The predicted molar refractivity (Wildman–Crippen MR) is 112 cm³/mol. The molecular weight excluding hydrogens is 366 g/mol. The van der Waals surface area contributed by atoms with E-state index in [9.17, 15) is 9.59 Å². The van der Waals surface area contributed by atoms with Crippen LogP contribution in [0.3, 0.4) is 0 Å². The predicted octanol–water partition coefficient (Wildman–Crippen LogP) is 3.52. The normalized spacial score (nSPS) is 9.97. The van der Waals surface area contributed by atoms with E-state index in [1.54, 1.807) is 30.3 Å². The van der Waals surface area contributed by atoms with Gasteiger partial charge in [-0.3, -0.25) is 14.6 Å². The highest BCUT2D eigenvalue weighted by atomic mass is 16.2. The zero-order chi connectivity index (χ0) is 20.8. The zero-order valence-electron chi connectivity index (χ0n) is 16.0. The van der Waals surface area contributed by atoms with Crippen LogP contribution in [0, 0.1) is 11.3 Å². The fourth-order valence-electron chi connectivity index (χ4n) is 2.57. The van der Waals surface area contributed by atoms with Crippen molar-refractivity contribution in [1.29, 1.82) is 5.26 Å². The van der Waals surface area contributed by atoms with E-state index in [0.717, 1.165) is 5.69 Å². The van der Waals surface area contributed by atoms with Gasteiger partial charge in [0.15, 0.2) is 0 Å². The number of hydrogen-bond acceptors (Lipinski definition) is 5. The summed E-state index contributed by atoms with van der Waals surface area (Å²) in [5.74, 6) is -0.780. The Balaban J connectivity index is 1.69. The van der Waals surface area contributed by atoms with Gasteiger partial charge in [-0.15, -0.1) is 0 Å². The fourth-order valence-corrected chi connectivity index (χ4v) is 2.57. The fraction of sp³-hybridized carbons (Fsp3) is 0.0909. The van der Waals surface area contributed by atoms with E-state index in [4.69, 9.17) is 5.26 Å². The molecule has 0 fully saturated rings. The Kier molecular flexibility index (Phi) is 5.85. The van der Waals surface area contributed by atoms with Gasteiger partial charge in [-0.25, -0.2) is 0 Å². The molecule has 0 aliphatic carbocycles. The van der Waals surface area contributed by atoms with Crippen LogP contribution in [0.4, 0.5) is 17.1 Å². The van der Waals surface area contributed by atoms with Crippen LogP contribution in [-0.2, 0) is 0 Å². The number of nitrogens with zero attached hydrogens (tertiary/aromatic N) is 3. The summed E-state index contributed by atoms with van der Waals surface area (Å²) < 4.78 is 0. The van der Waals surface area contributed by atoms with Gasteiger partial charge in [-0.1, -0.05) is 0 Å². The lowest BCUT2D eigenvalue weighted by Crippen LogP contribution is -2.17. The second-order valence-corrected chi connectivity index (χ2v) is 6.47. The molecule has 3 rings (SSSR count). The van der Waals surface area contributed by atoms with Gasteiger partial charge in [-0.05, 0) is 60.7 Å². The van der Waals surface area contributed by atoms with Gasteiger partial charge in [0, 0.05) is 42.9 Å². The Bertz CT molecular complexity index is 1070. The zero-order valence-corrected chi connectivity index (χ0v) is 16.0. The molecule has 144 valence electrons. The summed E-state index contributed by atoms with van der Waals surface area (Å²) in [5, 5.41) is 14.3. The van der Waals surface area contributed by atoms with Crippen LogP contribution < -0.4 is 15.5 Å². The summed E-state index contributed by atoms with van der Waals surface area (Å²) in [7, 11) is 3.88. The van der Waals surface area contributed by atoms with Crippen molar-refractivity contribution in [2.75, 3.05) is 29.6 Å². The Labute approximate surface area is 168 Å². The highest BCUT2D eigenvalue weighted by Crippen LogP contribution is 2.17. The first kappa shape index (κ1) is 19.6. The van der Waals surface area contributed by atoms with Gasteiger partial charge in [0.25, 0.3) is 11.8 Å². The van der Waals surface area contributed by atoms with E-state index in [1.807, 2.05) is 49.3 Å². The van der Waals surface area contributed by atoms with E-state index in [0.29, 0.717) is 22.5 Å². The molecule has 1 aromatic heterocycles. The quantitative estimate of drug-likeness (QED) is 0.700. The van der Waals surface area contributed by atoms with Crippen LogP contribution in [0.25, 0.3) is 0 Å². The molecule has 7 heteroatoms. The maximum atomic E-state index is 12.5. The monoisotopic (exact) mass is 385 g/mol. The van der Waals surface area contributed by atoms with E-state index in [-0.39, 0.29) is 11.6 Å². The highest BCUT2D eigenvalue weighted by Gasteiger charge is 2.13. The minimum atomic E-state index is -0.445. The van der Waals surface area contributed by atoms with E-state index in [2.05, 4.69) is 15.6 Å². The Hall–Kier alpha value is -4.18. The van der Waals surface area contributed by atoms with Gasteiger partial charge in [0.05, 0.1) is 11.6 Å². The molecule has 0 saturated carbocycles. The Morgan fingerprint density at radius 3 is 2.07 bits per heavy atom. The number of carbonyl (C=O) groups excluding carboxylic acids is 2. The summed E-state index contributed by atoms with van der Waals surface area (Å²) in [6.45, 7) is 0. The van der Waals surface area contributed by atoms with Crippen LogP contribution in [0.1, 0.15) is 26.4 Å². The van der Waals surface area contributed by atoms with E-state index >= 15 is 0 Å². The molecule has 0 atom stereocenters. The molecule has 2 amide bonds. The van der Waals surface area contributed by atoms with Crippen molar-refractivity contribution in [3.63, 3.8) is 0 Å². The first-order chi connectivity index (χ1) is 14.0. The van der Waals surface area contributed by atoms with Crippen molar-refractivity contribution in [1.82, 2.24) is 4.98 Å². The summed E-state index contributed by atoms with van der Waals surface area (Å²) in [6, 6.07) is 18.9. The number of pyridine rings is 1.